The van der Waals surface area contributed by atoms with Crippen molar-refractivity contribution in [2.24, 2.45) is 0 Å². The van der Waals surface area contributed by atoms with E-state index in [-0.39, 0.29) is 23.3 Å². The third-order valence-electron chi connectivity index (χ3n) is 5.99. The summed E-state index contributed by atoms with van der Waals surface area (Å²) in [5.41, 5.74) is 3.57. The summed E-state index contributed by atoms with van der Waals surface area (Å²) in [5.74, 6) is 1.91. The van der Waals surface area contributed by atoms with Crippen molar-refractivity contribution in [1.29, 1.82) is 0 Å². The van der Waals surface area contributed by atoms with Gasteiger partial charge in [0, 0.05) is 13.1 Å². The normalized spacial score (nSPS) is 17.7. The van der Waals surface area contributed by atoms with Crippen LogP contribution in [0.15, 0.2) is 54.6 Å². The fourth-order valence-electron chi connectivity index (χ4n) is 4.33. The predicted molar refractivity (Wildman–Crippen MR) is 124 cm³/mol. The van der Waals surface area contributed by atoms with Crippen molar-refractivity contribution in [3.05, 3.63) is 76.9 Å². The van der Waals surface area contributed by atoms with Gasteiger partial charge < -0.3 is 30.0 Å². The molecule has 1 amide bonds. The third-order valence-corrected chi connectivity index (χ3v) is 5.99. The Balaban J connectivity index is 1.61. The first-order valence-electron chi connectivity index (χ1n) is 11.1. The average Bonchev–Trinajstić information content (AvgIpc) is 2.83. The minimum Gasteiger partial charge on any atom is -0.507 e. The fraction of sp³-hybridized carbons (Fsp3) is 0.269. The number of fused-ring (bicyclic) bond motifs is 6. The molecule has 0 saturated heterocycles. The zero-order valence-electron chi connectivity index (χ0n) is 18.4. The Morgan fingerprint density at radius 3 is 2.85 bits per heavy atom. The standard InChI is InChI=1S/C26H26N2O5/c1-31-23-15-20-16-8-10-27-25(20)17-4-2-5-18(12-17)32-11-3-9-28-26(30)21-14-19(6-7-22(21)29)33-24(23)13-16/h2,4-7,12-15,25,27,29H,3,8-11H2,1H3,(H,28,30). The van der Waals surface area contributed by atoms with E-state index in [2.05, 4.69) is 16.7 Å². The molecule has 8 bridgehead atoms. The Morgan fingerprint density at radius 2 is 1.97 bits per heavy atom. The molecular weight excluding hydrogens is 420 g/mol. The molecule has 3 aliphatic rings. The molecule has 3 aromatic rings. The van der Waals surface area contributed by atoms with Crippen molar-refractivity contribution in [2.75, 3.05) is 26.8 Å². The van der Waals surface area contributed by atoms with Crippen LogP contribution in [0.1, 0.15) is 39.5 Å². The molecule has 1 unspecified atom stereocenters. The first-order chi connectivity index (χ1) is 16.1. The van der Waals surface area contributed by atoms with Crippen LogP contribution in [-0.2, 0) is 6.42 Å². The molecule has 3 aromatic carbocycles. The van der Waals surface area contributed by atoms with Gasteiger partial charge in [0.25, 0.3) is 5.91 Å². The summed E-state index contributed by atoms with van der Waals surface area (Å²) in [6, 6.07) is 16.7. The number of rotatable bonds is 1. The van der Waals surface area contributed by atoms with Gasteiger partial charge in [-0.1, -0.05) is 12.1 Å². The van der Waals surface area contributed by atoms with Crippen LogP contribution >= 0.6 is 0 Å². The van der Waals surface area contributed by atoms with E-state index in [1.54, 1.807) is 19.2 Å². The topological polar surface area (TPSA) is 89.0 Å². The SMILES string of the molecule is COc1cc2c3cc1Oc1ccc(O)c(c1)C(=O)NCCCOc1cccc(c1)C2NCC3. The van der Waals surface area contributed by atoms with Gasteiger partial charge in [-0.15, -0.1) is 0 Å². The lowest BCUT2D eigenvalue weighted by atomic mass is 9.89. The number of amides is 1. The highest BCUT2D eigenvalue weighted by Crippen LogP contribution is 2.40. The first kappa shape index (κ1) is 21.2. The number of phenols is 1. The van der Waals surface area contributed by atoms with Crippen LogP contribution in [0.4, 0.5) is 0 Å². The monoisotopic (exact) mass is 446 g/mol. The van der Waals surface area contributed by atoms with E-state index in [0.29, 0.717) is 36.8 Å². The van der Waals surface area contributed by atoms with Crippen molar-refractivity contribution < 1.29 is 24.1 Å². The quantitative estimate of drug-likeness (QED) is 0.525. The Labute approximate surface area is 192 Å². The lowest BCUT2D eigenvalue weighted by Crippen LogP contribution is -2.30. The zero-order valence-corrected chi connectivity index (χ0v) is 18.4. The summed E-state index contributed by atoms with van der Waals surface area (Å²) in [5, 5.41) is 16.6. The number of benzene rings is 3. The molecule has 0 saturated carbocycles. The fourth-order valence-corrected chi connectivity index (χ4v) is 4.33. The molecule has 7 nitrogen and oxygen atoms in total. The highest BCUT2D eigenvalue weighted by Gasteiger charge is 2.25. The van der Waals surface area contributed by atoms with Gasteiger partial charge in [0.15, 0.2) is 11.5 Å². The van der Waals surface area contributed by atoms with Crippen LogP contribution in [0.2, 0.25) is 0 Å². The van der Waals surface area contributed by atoms with Gasteiger partial charge in [-0.25, -0.2) is 0 Å². The Kier molecular flexibility index (Phi) is 5.79. The number of nitrogens with one attached hydrogen (secondary N) is 2. The Bertz CT molecular complexity index is 1190. The molecule has 0 radical (unpaired) electrons. The highest BCUT2D eigenvalue weighted by molar-refractivity contribution is 5.97. The molecule has 0 aromatic heterocycles. The van der Waals surface area contributed by atoms with Crippen molar-refractivity contribution in [2.45, 2.75) is 18.9 Å². The smallest absolute Gasteiger partial charge is 0.255 e. The zero-order chi connectivity index (χ0) is 22.8. The Hall–Kier alpha value is -3.71. The number of hydrogen-bond donors (Lipinski definition) is 3. The molecule has 0 fully saturated rings. The second-order valence-corrected chi connectivity index (χ2v) is 8.15. The number of hydrogen-bond acceptors (Lipinski definition) is 6. The number of carbonyl (C=O) groups is 1. The second kappa shape index (κ2) is 9.03. The van der Waals surface area contributed by atoms with Crippen LogP contribution in [0.3, 0.4) is 0 Å². The van der Waals surface area contributed by atoms with Crippen LogP contribution in [0.25, 0.3) is 0 Å². The molecule has 0 spiro atoms. The second-order valence-electron chi connectivity index (χ2n) is 8.15. The van der Waals surface area contributed by atoms with Crippen molar-refractivity contribution in [3.63, 3.8) is 0 Å². The lowest BCUT2D eigenvalue weighted by molar-refractivity contribution is 0.0948. The molecule has 7 heteroatoms. The number of phenolic OH excluding ortho intramolecular Hbond substituents is 1. The maximum Gasteiger partial charge on any atom is 0.255 e. The maximum atomic E-state index is 12.6. The summed E-state index contributed by atoms with van der Waals surface area (Å²) in [6.07, 6.45) is 1.49. The van der Waals surface area contributed by atoms with Crippen LogP contribution in [0, 0.1) is 0 Å². The van der Waals surface area contributed by atoms with E-state index in [9.17, 15) is 9.90 Å². The lowest BCUT2D eigenvalue weighted by Gasteiger charge is -2.29. The Morgan fingerprint density at radius 1 is 1.06 bits per heavy atom. The summed E-state index contributed by atoms with van der Waals surface area (Å²) < 4.78 is 17.7. The van der Waals surface area contributed by atoms with E-state index < -0.39 is 0 Å². The largest absolute Gasteiger partial charge is 0.507 e. The summed E-state index contributed by atoms with van der Waals surface area (Å²) >= 11 is 0. The first-order valence-corrected chi connectivity index (χ1v) is 11.1. The predicted octanol–water partition coefficient (Wildman–Crippen LogP) is 3.94. The van der Waals surface area contributed by atoms with Crippen molar-refractivity contribution in [3.8, 4) is 28.7 Å². The van der Waals surface area contributed by atoms with Crippen LogP contribution in [-0.4, -0.2) is 37.8 Å². The molecular formula is C26H26N2O5. The van der Waals surface area contributed by atoms with Gasteiger partial charge in [0.2, 0.25) is 0 Å². The highest BCUT2D eigenvalue weighted by atomic mass is 16.5. The third kappa shape index (κ3) is 4.32. The van der Waals surface area contributed by atoms with Crippen LogP contribution in [0.5, 0.6) is 28.7 Å². The van der Waals surface area contributed by atoms with Crippen LogP contribution < -0.4 is 24.8 Å². The van der Waals surface area contributed by atoms with Crippen molar-refractivity contribution >= 4 is 5.91 Å². The van der Waals surface area contributed by atoms with E-state index in [1.807, 2.05) is 30.3 Å². The molecule has 33 heavy (non-hydrogen) atoms. The van der Waals surface area contributed by atoms with Gasteiger partial charge >= 0.3 is 0 Å². The minimum atomic E-state index is -0.368. The van der Waals surface area contributed by atoms with Gasteiger partial charge in [-0.3, -0.25) is 4.79 Å². The van der Waals surface area contributed by atoms with E-state index >= 15 is 0 Å². The van der Waals surface area contributed by atoms with Gasteiger partial charge in [-0.2, -0.15) is 0 Å². The van der Waals surface area contributed by atoms with Gasteiger partial charge in [0.05, 0.1) is 25.3 Å². The molecule has 1 atom stereocenters. The van der Waals surface area contributed by atoms with E-state index in [4.69, 9.17) is 14.2 Å². The summed E-state index contributed by atoms with van der Waals surface area (Å²) in [4.78, 5) is 12.6. The number of methoxy groups -OCH3 is 1. The molecule has 3 heterocycles. The minimum absolute atomic E-state index is 0.0127. The van der Waals surface area contributed by atoms with Gasteiger partial charge in [0.1, 0.15) is 17.2 Å². The molecule has 170 valence electrons. The van der Waals surface area contributed by atoms with Crippen molar-refractivity contribution in [1.82, 2.24) is 10.6 Å². The molecule has 3 aliphatic heterocycles. The molecule has 6 rings (SSSR count). The number of aromatic hydroxyl groups is 1. The summed E-state index contributed by atoms with van der Waals surface area (Å²) in [7, 11) is 1.61. The van der Waals surface area contributed by atoms with E-state index in [1.165, 1.54) is 11.6 Å². The van der Waals surface area contributed by atoms with E-state index in [0.717, 1.165) is 29.8 Å². The molecule has 0 aliphatic carbocycles. The number of carbonyl (C=O) groups excluding carboxylic acids is 1. The number of ether oxygens (including phenoxy) is 3. The maximum absolute atomic E-state index is 12.6. The molecule has 3 N–H and O–H groups in total. The summed E-state index contributed by atoms with van der Waals surface area (Å²) in [6.45, 7) is 1.72. The van der Waals surface area contributed by atoms with Gasteiger partial charge in [-0.05, 0) is 72.0 Å². The average molecular weight is 447 g/mol.